The number of ether oxygens (including phenoxy) is 2. The normalized spacial score (nSPS) is 11.4. The van der Waals surface area contributed by atoms with Gasteiger partial charge in [-0.05, 0) is 72.6 Å². The minimum absolute atomic E-state index is 0.177. The maximum Gasteiger partial charge on any atom is 0.257 e. The zero-order valence-corrected chi connectivity index (χ0v) is 19.2. The summed E-state index contributed by atoms with van der Waals surface area (Å²) in [7, 11) is 1.60. The third kappa shape index (κ3) is 6.55. The number of anilines is 2. The second-order valence-corrected chi connectivity index (χ2v) is 7.73. The molecule has 8 nitrogen and oxygen atoms in total. The molecule has 0 saturated heterocycles. The van der Waals surface area contributed by atoms with Crippen LogP contribution in [0.4, 0.5) is 11.5 Å². The van der Waals surface area contributed by atoms with E-state index in [2.05, 4.69) is 20.6 Å². The molecule has 4 rings (SSSR count). The van der Waals surface area contributed by atoms with E-state index in [9.17, 15) is 9.90 Å². The molecule has 2 aromatic heterocycles. The van der Waals surface area contributed by atoms with E-state index in [1.807, 2.05) is 54.6 Å². The molecule has 0 aliphatic rings. The van der Waals surface area contributed by atoms with Crippen LogP contribution in [-0.4, -0.2) is 40.7 Å². The first-order valence-electron chi connectivity index (χ1n) is 11.1. The van der Waals surface area contributed by atoms with Gasteiger partial charge >= 0.3 is 0 Å². The number of carbonyl (C=O) groups is 1. The van der Waals surface area contributed by atoms with E-state index in [4.69, 9.17) is 9.47 Å². The smallest absolute Gasteiger partial charge is 0.257 e. The van der Waals surface area contributed by atoms with Crippen molar-refractivity contribution in [2.75, 3.05) is 19.0 Å². The molecule has 3 N–H and O–H groups in total. The fourth-order valence-corrected chi connectivity index (χ4v) is 3.42. The van der Waals surface area contributed by atoms with Crippen LogP contribution in [0, 0.1) is 0 Å². The maximum absolute atomic E-state index is 13.0. The molecular weight excluding hydrogens is 444 g/mol. The number of rotatable bonds is 10. The predicted octanol–water partition coefficient (Wildman–Crippen LogP) is 4.35. The van der Waals surface area contributed by atoms with E-state index in [1.165, 1.54) is 0 Å². The van der Waals surface area contributed by atoms with Crippen molar-refractivity contribution in [1.29, 1.82) is 0 Å². The molecule has 2 aromatic carbocycles. The molecule has 8 heteroatoms. The number of aliphatic hydroxyl groups is 1. The van der Waals surface area contributed by atoms with Crippen LogP contribution >= 0.6 is 0 Å². The van der Waals surface area contributed by atoms with Crippen molar-refractivity contribution in [3.8, 4) is 17.4 Å². The second-order valence-electron chi connectivity index (χ2n) is 7.73. The number of nitrogens with one attached hydrogen (secondary N) is 2. The highest BCUT2D eigenvalue weighted by atomic mass is 16.5. The summed E-state index contributed by atoms with van der Waals surface area (Å²) in [5, 5.41) is 15.9. The molecule has 4 aromatic rings. The maximum atomic E-state index is 13.0. The summed E-state index contributed by atoms with van der Waals surface area (Å²) >= 11 is 0. The lowest BCUT2D eigenvalue weighted by molar-refractivity contribution is 0.0913. The van der Waals surface area contributed by atoms with Gasteiger partial charge in [0.1, 0.15) is 22.9 Å². The zero-order chi connectivity index (χ0) is 24.5. The van der Waals surface area contributed by atoms with E-state index < -0.39 is 6.04 Å². The first-order chi connectivity index (χ1) is 17.1. The second kappa shape index (κ2) is 11.6. The largest absolute Gasteiger partial charge is 0.497 e. The summed E-state index contributed by atoms with van der Waals surface area (Å²) in [4.78, 5) is 21.5. The van der Waals surface area contributed by atoms with Gasteiger partial charge in [0.15, 0.2) is 0 Å². The minimum Gasteiger partial charge on any atom is -0.497 e. The Morgan fingerprint density at radius 2 is 1.66 bits per heavy atom. The predicted molar refractivity (Wildman–Crippen MR) is 133 cm³/mol. The van der Waals surface area contributed by atoms with E-state index in [-0.39, 0.29) is 24.0 Å². The average molecular weight is 471 g/mol. The molecular formula is C27H26N4O4. The SMILES string of the molecule is COc1ccc(CC(CO)NC(=O)c2cccnc2Oc2ccc(Nc3ccccn3)cc2)cc1. The Balaban J connectivity index is 1.41. The van der Waals surface area contributed by atoms with Gasteiger partial charge in [0.25, 0.3) is 5.91 Å². The number of hydrogen-bond acceptors (Lipinski definition) is 7. The number of nitrogens with zero attached hydrogens (tertiary/aromatic N) is 2. The monoisotopic (exact) mass is 470 g/mol. The van der Waals surface area contributed by atoms with Crippen LogP contribution < -0.4 is 20.1 Å². The van der Waals surface area contributed by atoms with Crippen LogP contribution in [-0.2, 0) is 6.42 Å². The molecule has 0 radical (unpaired) electrons. The van der Waals surface area contributed by atoms with Crippen molar-refractivity contribution >= 4 is 17.4 Å². The Morgan fingerprint density at radius 1 is 0.914 bits per heavy atom. The van der Waals surface area contributed by atoms with Crippen LogP contribution in [0.5, 0.6) is 17.4 Å². The Morgan fingerprint density at radius 3 is 2.34 bits per heavy atom. The van der Waals surface area contributed by atoms with Crippen molar-refractivity contribution in [1.82, 2.24) is 15.3 Å². The minimum atomic E-state index is -0.471. The molecule has 1 unspecified atom stereocenters. The van der Waals surface area contributed by atoms with Gasteiger partial charge in [0, 0.05) is 18.1 Å². The third-order valence-corrected chi connectivity index (χ3v) is 5.22. The number of carbonyl (C=O) groups excluding carboxylic acids is 1. The zero-order valence-electron chi connectivity index (χ0n) is 19.2. The van der Waals surface area contributed by atoms with Gasteiger partial charge in [-0.1, -0.05) is 18.2 Å². The van der Waals surface area contributed by atoms with Gasteiger partial charge in [-0.2, -0.15) is 0 Å². The number of methoxy groups -OCH3 is 1. The van der Waals surface area contributed by atoms with Gasteiger partial charge in [-0.3, -0.25) is 4.79 Å². The highest BCUT2D eigenvalue weighted by Gasteiger charge is 2.18. The number of aromatic nitrogens is 2. The number of amides is 1. The molecule has 1 amide bonds. The van der Waals surface area contributed by atoms with Crippen LogP contribution in [0.2, 0.25) is 0 Å². The lowest BCUT2D eigenvalue weighted by Gasteiger charge is -2.18. The highest BCUT2D eigenvalue weighted by molar-refractivity contribution is 5.96. The Hall–Kier alpha value is -4.43. The van der Waals surface area contributed by atoms with Gasteiger partial charge in [-0.25, -0.2) is 9.97 Å². The highest BCUT2D eigenvalue weighted by Crippen LogP contribution is 2.25. The fraction of sp³-hybridized carbons (Fsp3) is 0.148. The number of hydrogen-bond donors (Lipinski definition) is 3. The Labute approximate surface area is 203 Å². The molecule has 0 fully saturated rings. The molecule has 0 aliphatic heterocycles. The van der Waals surface area contributed by atoms with Gasteiger partial charge in [0.2, 0.25) is 5.88 Å². The summed E-state index contributed by atoms with van der Waals surface area (Å²) in [5.41, 5.74) is 2.09. The standard InChI is InChI=1S/C27H26N4O4/c1-34-22-11-7-19(8-12-22)17-21(18-32)31-26(33)24-5-4-16-29-27(24)35-23-13-9-20(10-14-23)30-25-6-2-3-15-28-25/h2-16,21,32H,17-18H2,1H3,(H,28,30)(H,31,33). The van der Waals surface area contributed by atoms with E-state index in [1.54, 1.807) is 43.8 Å². The Kier molecular flexibility index (Phi) is 7.88. The molecule has 0 bridgehead atoms. The van der Waals surface area contributed by atoms with Crippen molar-refractivity contribution < 1.29 is 19.4 Å². The molecule has 35 heavy (non-hydrogen) atoms. The third-order valence-electron chi connectivity index (χ3n) is 5.22. The molecule has 178 valence electrons. The van der Waals surface area contributed by atoms with Crippen molar-refractivity contribution in [3.63, 3.8) is 0 Å². The fourth-order valence-electron chi connectivity index (χ4n) is 3.42. The lowest BCUT2D eigenvalue weighted by atomic mass is 10.1. The first kappa shape index (κ1) is 23.7. The quantitative estimate of drug-likeness (QED) is 0.316. The molecule has 0 spiro atoms. The number of benzene rings is 2. The molecule has 1 atom stereocenters. The molecule has 2 heterocycles. The van der Waals surface area contributed by atoms with E-state index >= 15 is 0 Å². The van der Waals surface area contributed by atoms with Crippen molar-refractivity contribution in [2.24, 2.45) is 0 Å². The van der Waals surface area contributed by atoms with Crippen molar-refractivity contribution in [2.45, 2.75) is 12.5 Å². The van der Waals surface area contributed by atoms with Gasteiger partial charge in [0.05, 0.1) is 19.8 Å². The van der Waals surface area contributed by atoms with Gasteiger partial charge < -0.3 is 25.2 Å². The van der Waals surface area contributed by atoms with E-state index in [0.717, 1.165) is 22.8 Å². The summed E-state index contributed by atoms with van der Waals surface area (Å²) in [6.07, 6.45) is 3.74. The van der Waals surface area contributed by atoms with Gasteiger partial charge in [-0.15, -0.1) is 0 Å². The lowest BCUT2D eigenvalue weighted by Crippen LogP contribution is -2.39. The van der Waals surface area contributed by atoms with E-state index in [0.29, 0.717) is 12.2 Å². The molecule has 0 saturated carbocycles. The molecule has 0 aliphatic carbocycles. The Bertz CT molecular complexity index is 1230. The summed E-state index contributed by atoms with van der Waals surface area (Å²) in [6.45, 7) is -0.209. The summed E-state index contributed by atoms with van der Waals surface area (Å²) in [5.74, 6) is 1.81. The van der Waals surface area contributed by atoms with Crippen LogP contribution in [0.3, 0.4) is 0 Å². The number of pyridine rings is 2. The van der Waals surface area contributed by atoms with Crippen LogP contribution in [0.1, 0.15) is 15.9 Å². The average Bonchev–Trinajstić information content (AvgIpc) is 2.90. The van der Waals surface area contributed by atoms with Crippen molar-refractivity contribution in [3.05, 3.63) is 102 Å². The van der Waals surface area contributed by atoms with Crippen LogP contribution in [0.15, 0.2) is 91.3 Å². The van der Waals surface area contributed by atoms with Crippen LogP contribution in [0.25, 0.3) is 0 Å². The summed E-state index contributed by atoms with van der Waals surface area (Å²) < 4.78 is 11.1. The number of aliphatic hydroxyl groups excluding tert-OH is 1. The topological polar surface area (TPSA) is 106 Å². The first-order valence-corrected chi connectivity index (χ1v) is 11.1. The summed E-state index contributed by atoms with van der Waals surface area (Å²) in [6, 6.07) is 23.2.